The standard InChI is InChI=1S/C11H12Cl3F/c1-11(6-12,7-13)5-8-2-3-9(14)4-10(8)15/h2-4H,5-7H2,1H3. The summed E-state index contributed by atoms with van der Waals surface area (Å²) in [7, 11) is 0. The van der Waals surface area contributed by atoms with Crippen molar-refractivity contribution >= 4 is 34.8 Å². The second-order valence-corrected chi connectivity index (χ2v) is 4.96. The number of rotatable bonds is 4. The summed E-state index contributed by atoms with van der Waals surface area (Å²) in [6, 6.07) is 4.65. The summed E-state index contributed by atoms with van der Waals surface area (Å²) in [5, 5.41) is 0.398. The minimum Gasteiger partial charge on any atom is -0.207 e. The van der Waals surface area contributed by atoms with E-state index in [1.54, 1.807) is 12.1 Å². The van der Waals surface area contributed by atoms with Crippen molar-refractivity contribution in [2.45, 2.75) is 13.3 Å². The lowest BCUT2D eigenvalue weighted by atomic mass is 9.87. The van der Waals surface area contributed by atoms with Gasteiger partial charge in [-0.1, -0.05) is 24.6 Å². The van der Waals surface area contributed by atoms with Gasteiger partial charge in [0.25, 0.3) is 0 Å². The van der Waals surface area contributed by atoms with Gasteiger partial charge in [0.05, 0.1) is 0 Å². The summed E-state index contributed by atoms with van der Waals surface area (Å²) < 4.78 is 13.5. The first-order valence-corrected chi connectivity index (χ1v) is 6.01. The maximum Gasteiger partial charge on any atom is 0.127 e. The minimum absolute atomic E-state index is 0.280. The van der Waals surface area contributed by atoms with Crippen molar-refractivity contribution in [3.8, 4) is 0 Å². The number of hydrogen-bond donors (Lipinski definition) is 0. The fourth-order valence-electron chi connectivity index (χ4n) is 1.26. The third-order valence-corrected chi connectivity index (χ3v) is 3.80. The molecule has 0 bridgehead atoms. The fourth-order valence-corrected chi connectivity index (χ4v) is 1.89. The van der Waals surface area contributed by atoms with Crippen LogP contribution in [0.2, 0.25) is 5.02 Å². The van der Waals surface area contributed by atoms with Gasteiger partial charge in [-0.05, 0) is 29.5 Å². The molecule has 0 aromatic heterocycles. The first kappa shape index (κ1) is 13.1. The molecule has 84 valence electrons. The Hall–Kier alpha value is 0.0200. The van der Waals surface area contributed by atoms with Crippen LogP contribution in [0.25, 0.3) is 0 Å². The zero-order valence-corrected chi connectivity index (χ0v) is 10.6. The first-order chi connectivity index (χ1) is 7.00. The van der Waals surface area contributed by atoms with Gasteiger partial charge in [0.15, 0.2) is 0 Å². The molecule has 0 amide bonds. The lowest BCUT2D eigenvalue weighted by molar-refractivity contribution is 0.415. The summed E-state index contributed by atoms with van der Waals surface area (Å²) in [5.41, 5.74) is 0.320. The van der Waals surface area contributed by atoms with E-state index in [0.717, 1.165) is 0 Å². The molecular formula is C11H12Cl3F. The molecule has 1 aromatic carbocycles. The van der Waals surface area contributed by atoms with Crippen molar-refractivity contribution < 1.29 is 4.39 Å². The lowest BCUT2D eigenvalue weighted by Crippen LogP contribution is -2.24. The Morgan fingerprint density at radius 1 is 1.27 bits per heavy atom. The molecule has 1 aromatic rings. The Bertz CT molecular complexity index is 335. The van der Waals surface area contributed by atoms with E-state index >= 15 is 0 Å². The highest BCUT2D eigenvalue weighted by Gasteiger charge is 2.24. The van der Waals surface area contributed by atoms with Crippen molar-refractivity contribution in [1.29, 1.82) is 0 Å². The van der Waals surface area contributed by atoms with Crippen LogP contribution in [0.5, 0.6) is 0 Å². The molecule has 1 rings (SSSR count). The maximum absolute atomic E-state index is 13.5. The van der Waals surface area contributed by atoms with Crippen LogP contribution in [-0.4, -0.2) is 11.8 Å². The van der Waals surface area contributed by atoms with Gasteiger partial charge in [-0.3, -0.25) is 0 Å². The van der Waals surface area contributed by atoms with Crippen LogP contribution in [0.15, 0.2) is 18.2 Å². The van der Waals surface area contributed by atoms with Gasteiger partial charge in [0, 0.05) is 16.8 Å². The molecule has 0 aliphatic carbocycles. The lowest BCUT2D eigenvalue weighted by Gasteiger charge is -2.24. The van der Waals surface area contributed by atoms with Crippen LogP contribution in [0.4, 0.5) is 4.39 Å². The molecule has 0 heterocycles. The third kappa shape index (κ3) is 3.51. The number of benzene rings is 1. The van der Waals surface area contributed by atoms with Crippen LogP contribution in [0, 0.1) is 11.2 Å². The van der Waals surface area contributed by atoms with Gasteiger partial charge in [-0.25, -0.2) is 4.39 Å². The van der Waals surface area contributed by atoms with Crippen molar-refractivity contribution in [2.24, 2.45) is 5.41 Å². The number of alkyl halides is 2. The Kier molecular flexibility index (Phi) is 4.69. The Morgan fingerprint density at radius 2 is 1.87 bits per heavy atom. The molecule has 0 atom stereocenters. The van der Waals surface area contributed by atoms with Crippen LogP contribution >= 0.6 is 34.8 Å². The summed E-state index contributed by atoms with van der Waals surface area (Å²) in [5.74, 6) is 0.501. The monoisotopic (exact) mass is 268 g/mol. The molecule has 0 spiro atoms. The van der Waals surface area contributed by atoms with E-state index < -0.39 is 0 Å². The molecular weight excluding hydrogens is 257 g/mol. The van der Waals surface area contributed by atoms with Gasteiger partial charge in [-0.2, -0.15) is 0 Å². The van der Waals surface area contributed by atoms with Gasteiger partial charge < -0.3 is 0 Å². The van der Waals surface area contributed by atoms with Crippen molar-refractivity contribution in [3.05, 3.63) is 34.6 Å². The zero-order valence-electron chi connectivity index (χ0n) is 8.37. The molecule has 0 aliphatic rings. The summed E-state index contributed by atoms with van der Waals surface area (Å²) in [4.78, 5) is 0. The molecule has 0 N–H and O–H groups in total. The predicted octanol–water partition coefficient (Wildman–Crippen LogP) is 4.51. The highest BCUT2D eigenvalue weighted by molar-refractivity contribution is 6.30. The molecule has 0 radical (unpaired) electrons. The smallest absolute Gasteiger partial charge is 0.127 e. The van der Waals surface area contributed by atoms with E-state index in [9.17, 15) is 4.39 Å². The van der Waals surface area contributed by atoms with Crippen molar-refractivity contribution in [2.75, 3.05) is 11.8 Å². The fraction of sp³-hybridized carbons (Fsp3) is 0.455. The molecule has 0 unspecified atom stereocenters. The Labute approximate surface area is 104 Å². The van der Waals surface area contributed by atoms with Crippen LogP contribution in [0.3, 0.4) is 0 Å². The number of hydrogen-bond acceptors (Lipinski definition) is 0. The van der Waals surface area contributed by atoms with E-state index in [1.165, 1.54) is 6.07 Å². The highest BCUT2D eigenvalue weighted by atomic mass is 35.5. The quantitative estimate of drug-likeness (QED) is 0.706. The van der Waals surface area contributed by atoms with E-state index in [0.29, 0.717) is 28.8 Å². The largest absolute Gasteiger partial charge is 0.207 e. The Morgan fingerprint density at radius 3 is 2.33 bits per heavy atom. The summed E-state index contributed by atoms with van der Waals surface area (Å²) >= 11 is 17.3. The van der Waals surface area contributed by atoms with Crippen LogP contribution < -0.4 is 0 Å². The summed E-state index contributed by atoms with van der Waals surface area (Å²) in [6.07, 6.45) is 0.517. The van der Waals surface area contributed by atoms with E-state index in [-0.39, 0.29) is 11.2 Å². The van der Waals surface area contributed by atoms with Crippen molar-refractivity contribution in [3.63, 3.8) is 0 Å². The van der Waals surface area contributed by atoms with Gasteiger partial charge in [0.2, 0.25) is 0 Å². The van der Waals surface area contributed by atoms with Crippen LogP contribution in [-0.2, 0) is 6.42 Å². The molecule has 15 heavy (non-hydrogen) atoms. The molecule has 0 nitrogen and oxygen atoms in total. The third-order valence-electron chi connectivity index (χ3n) is 2.28. The second kappa shape index (κ2) is 5.38. The molecule has 0 saturated heterocycles. The molecule has 0 aliphatic heterocycles. The zero-order chi connectivity index (χ0) is 11.5. The predicted molar refractivity (Wildman–Crippen MR) is 64.7 cm³/mol. The van der Waals surface area contributed by atoms with Gasteiger partial charge in [0.1, 0.15) is 5.82 Å². The average Bonchev–Trinajstić information content (AvgIpc) is 2.22. The first-order valence-electron chi connectivity index (χ1n) is 4.56. The Balaban J connectivity index is 2.89. The minimum atomic E-state index is -0.302. The normalized spacial score (nSPS) is 11.8. The summed E-state index contributed by atoms with van der Waals surface area (Å²) in [6.45, 7) is 1.93. The number of halogens is 4. The van der Waals surface area contributed by atoms with Crippen molar-refractivity contribution in [1.82, 2.24) is 0 Å². The highest BCUT2D eigenvalue weighted by Crippen LogP contribution is 2.28. The molecule has 0 saturated carbocycles. The molecule has 4 heteroatoms. The van der Waals surface area contributed by atoms with Gasteiger partial charge in [-0.15, -0.1) is 23.2 Å². The van der Waals surface area contributed by atoms with E-state index in [1.807, 2.05) is 6.92 Å². The van der Waals surface area contributed by atoms with E-state index in [4.69, 9.17) is 34.8 Å². The maximum atomic E-state index is 13.5. The second-order valence-electron chi connectivity index (χ2n) is 3.99. The SMILES string of the molecule is CC(CCl)(CCl)Cc1ccc(Cl)cc1F. The van der Waals surface area contributed by atoms with E-state index in [2.05, 4.69) is 0 Å². The topological polar surface area (TPSA) is 0 Å². The average molecular weight is 270 g/mol. The molecule has 0 fully saturated rings. The van der Waals surface area contributed by atoms with Gasteiger partial charge >= 0.3 is 0 Å². The van der Waals surface area contributed by atoms with Crippen LogP contribution in [0.1, 0.15) is 12.5 Å².